The highest BCUT2D eigenvalue weighted by atomic mass is 32.2. The Hall–Kier alpha value is -2.86. The maximum absolute atomic E-state index is 12.2. The molecule has 0 heterocycles. The van der Waals surface area contributed by atoms with Gasteiger partial charge in [-0.3, -0.25) is 23.9 Å². The molecule has 0 spiro atoms. The molecule has 1 aromatic rings. The van der Waals surface area contributed by atoms with Crippen molar-refractivity contribution < 1.29 is 41.4 Å². The van der Waals surface area contributed by atoms with Crippen LogP contribution in [0, 0.1) is 10.1 Å². The molecule has 12 heteroatoms. The summed E-state index contributed by atoms with van der Waals surface area (Å²) in [6, 6.07) is 3.77. The van der Waals surface area contributed by atoms with Gasteiger partial charge in [-0.25, -0.2) is 4.79 Å². The van der Waals surface area contributed by atoms with Crippen LogP contribution in [0.3, 0.4) is 0 Å². The van der Waals surface area contributed by atoms with Crippen molar-refractivity contribution in [1.29, 1.82) is 0 Å². The van der Waals surface area contributed by atoms with Gasteiger partial charge in [0.2, 0.25) is 0 Å². The number of nitro benzene ring substituents is 1. The zero-order chi connectivity index (χ0) is 20.8. The number of rotatable bonds is 9. The first-order valence-electron chi connectivity index (χ1n) is 7.43. The lowest BCUT2D eigenvalue weighted by atomic mass is 10.2. The van der Waals surface area contributed by atoms with Crippen LogP contribution >= 0.6 is 0 Å². The first-order valence-corrected chi connectivity index (χ1v) is 8.84. The number of hydrogen-bond acceptors (Lipinski definition) is 10. The fourth-order valence-corrected chi connectivity index (χ4v) is 2.89. The number of nitrogens with zero attached hydrogens (tertiary/aromatic N) is 1. The van der Waals surface area contributed by atoms with E-state index in [2.05, 4.69) is 4.74 Å². The van der Waals surface area contributed by atoms with Gasteiger partial charge in [0.1, 0.15) is 6.10 Å². The van der Waals surface area contributed by atoms with Crippen LogP contribution in [0.15, 0.2) is 29.2 Å². The highest BCUT2D eigenvalue weighted by Gasteiger charge is 2.29. The molecular formula is C15H17NO10S. The number of ether oxygens (including phenoxy) is 2. The lowest BCUT2D eigenvalue weighted by Gasteiger charge is -2.16. The lowest BCUT2D eigenvalue weighted by molar-refractivity contribution is -0.384. The number of carbonyl (C=O) groups is 3. The van der Waals surface area contributed by atoms with E-state index in [0.29, 0.717) is 0 Å². The summed E-state index contributed by atoms with van der Waals surface area (Å²) in [5.74, 6) is -2.66. The van der Waals surface area contributed by atoms with Crippen LogP contribution in [0.25, 0.3) is 0 Å². The quantitative estimate of drug-likeness (QED) is 0.249. The molecule has 0 aliphatic rings. The van der Waals surface area contributed by atoms with Crippen LogP contribution in [0.5, 0.6) is 0 Å². The van der Waals surface area contributed by atoms with E-state index in [1.165, 1.54) is 6.92 Å². The zero-order valence-electron chi connectivity index (χ0n) is 14.6. The topological polar surface area (TPSA) is 156 Å². The van der Waals surface area contributed by atoms with Crippen molar-refractivity contribution in [3.8, 4) is 0 Å². The van der Waals surface area contributed by atoms with E-state index in [9.17, 15) is 32.9 Å². The fraction of sp³-hybridized carbons (Fsp3) is 0.400. The largest absolute Gasteiger partial charge is 0.466 e. The number of non-ortho nitro benzene ring substituents is 1. The number of carbonyl (C=O) groups excluding carboxylic acids is 3. The summed E-state index contributed by atoms with van der Waals surface area (Å²) >= 11 is 0. The average molecular weight is 403 g/mol. The zero-order valence-corrected chi connectivity index (χ0v) is 15.4. The van der Waals surface area contributed by atoms with E-state index in [1.54, 1.807) is 0 Å². The van der Waals surface area contributed by atoms with Crippen molar-refractivity contribution in [2.45, 2.75) is 37.4 Å². The first-order chi connectivity index (χ1) is 12.5. The van der Waals surface area contributed by atoms with Gasteiger partial charge in [0.25, 0.3) is 15.8 Å². The van der Waals surface area contributed by atoms with Crippen LogP contribution in [0.4, 0.5) is 5.69 Å². The number of esters is 2. The van der Waals surface area contributed by atoms with Gasteiger partial charge in [0.05, 0.1) is 23.3 Å². The van der Waals surface area contributed by atoms with Crippen LogP contribution in [0.2, 0.25) is 0 Å². The van der Waals surface area contributed by atoms with Gasteiger partial charge in [-0.1, -0.05) is 0 Å². The second-order valence-corrected chi connectivity index (χ2v) is 6.83. The number of benzene rings is 1. The standard InChI is InChI=1S/C15H17NO10S/c1-9(17)13(8-14(18)25-10(2)15(19)24-3)26-27(22,23)12-6-4-11(5-7-12)16(20)21/h4-7,10,13H,8H2,1-3H3/t10-,13?/m0/s1. The molecule has 1 rings (SSSR count). The predicted octanol–water partition coefficient (Wildman–Crippen LogP) is 0.752. The summed E-state index contributed by atoms with van der Waals surface area (Å²) in [6.45, 7) is 2.24. The van der Waals surface area contributed by atoms with Gasteiger partial charge in [-0.2, -0.15) is 8.42 Å². The molecule has 148 valence electrons. The van der Waals surface area contributed by atoms with Crippen LogP contribution in [0.1, 0.15) is 20.3 Å². The molecule has 0 N–H and O–H groups in total. The third-order valence-electron chi connectivity index (χ3n) is 3.23. The molecule has 0 aromatic heterocycles. The normalized spacial score (nSPS) is 13.3. The molecule has 1 unspecified atom stereocenters. The number of Topliss-reactive ketones (excluding diaryl/α,β-unsaturated/α-hetero) is 1. The smallest absolute Gasteiger partial charge is 0.346 e. The highest BCUT2D eigenvalue weighted by Crippen LogP contribution is 2.20. The van der Waals surface area contributed by atoms with Crippen molar-refractivity contribution in [2.24, 2.45) is 0 Å². The second kappa shape index (κ2) is 9.19. The summed E-state index contributed by atoms with van der Waals surface area (Å²) in [5, 5.41) is 10.6. The number of hydrogen-bond donors (Lipinski definition) is 0. The number of ketones is 1. The van der Waals surface area contributed by atoms with Crippen molar-refractivity contribution in [1.82, 2.24) is 0 Å². The van der Waals surface area contributed by atoms with E-state index >= 15 is 0 Å². The summed E-state index contributed by atoms with van der Waals surface area (Å²) in [4.78, 5) is 44.1. The molecule has 0 aliphatic carbocycles. The fourth-order valence-electron chi connectivity index (χ4n) is 1.80. The Morgan fingerprint density at radius 1 is 1.19 bits per heavy atom. The van der Waals surface area contributed by atoms with E-state index < -0.39 is 56.3 Å². The first kappa shape index (κ1) is 22.2. The second-order valence-electron chi connectivity index (χ2n) is 5.26. The van der Waals surface area contributed by atoms with Gasteiger partial charge >= 0.3 is 11.9 Å². The molecule has 2 atom stereocenters. The molecule has 0 radical (unpaired) electrons. The maximum Gasteiger partial charge on any atom is 0.346 e. The molecule has 0 saturated carbocycles. The van der Waals surface area contributed by atoms with E-state index in [4.69, 9.17) is 8.92 Å². The monoisotopic (exact) mass is 403 g/mol. The Kier molecular flexibility index (Phi) is 7.55. The Balaban J connectivity index is 2.89. The summed E-state index contributed by atoms with van der Waals surface area (Å²) < 4.78 is 38.3. The average Bonchev–Trinajstić information content (AvgIpc) is 2.60. The number of methoxy groups -OCH3 is 1. The molecule has 0 saturated heterocycles. The summed E-state index contributed by atoms with van der Waals surface area (Å²) in [5.41, 5.74) is -0.336. The molecule has 27 heavy (non-hydrogen) atoms. The summed E-state index contributed by atoms with van der Waals surface area (Å²) in [6.07, 6.45) is -3.70. The Bertz CT molecular complexity index is 831. The van der Waals surface area contributed by atoms with Gasteiger partial charge in [0.15, 0.2) is 11.9 Å². The molecule has 0 amide bonds. The van der Waals surface area contributed by atoms with E-state index in [0.717, 1.165) is 38.3 Å². The maximum atomic E-state index is 12.2. The van der Waals surface area contributed by atoms with Crippen LogP contribution in [-0.4, -0.2) is 50.4 Å². The van der Waals surface area contributed by atoms with Gasteiger partial charge < -0.3 is 9.47 Å². The molecule has 11 nitrogen and oxygen atoms in total. The molecule has 0 bridgehead atoms. The van der Waals surface area contributed by atoms with Gasteiger partial charge in [0, 0.05) is 12.1 Å². The highest BCUT2D eigenvalue weighted by molar-refractivity contribution is 7.86. The number of nitro groups is 1. The van der Waals surface area contributed by atoms with Crippen molar-refractivity contribution in [2.75, 3.05) is 7.11 Å². The minimum atomic E-state index is -4.48. The van der Waals surface area contributed by atoms with E-state index in [-0.39, 0.29) is 5.69 Å². The lowest BCUT2D eigenvalue weighted by Crippen LogP contribution is -2.32. The summed E-state index contributed by atoms with van der Waals surface area (Å²) in [7, 11) is -3.40. The van der Waals surface area contributed by atoms with Crippen molar-refractivity contribution >= 4 is 33.5 Å². The third kappa shape index (κ3) is 6.42. The van der Waals surface area contributed by atoms with Gasteiger partial charge in [-0.15, -0.1) is 0 Å². The minimum Gasteiger partial charge on any atom is -0.466 e. The van der Waals surface area contributed by atoms with Gasteiger partial charge in [-0.05, 0) is 26.0 Å². The minimum absolute atomic E-state index is 0.336. The Morgan fingerprint density at radius 3 is 2.19 bits per heavy atom. The SMILES string of the molecule is COC(=O)[C@H](C)OC(=O)CC(OS(=O)(=O)c1ccc([N+](=O)[O-])cc1)C(C)=O. The van der Waals surface area contributed by atoms with Crippen molar-refractivity contribution in [3.05, 3.63) is 34.4 Å². The van der Waals surface area contributed by atoms with Crippen LogP contribution < -0.4 is 0 Å². The molecule has 0 fully saturated rings. The third-order valence-corrected chi connectivity index (χ3v) is 4.56. The Morgan fingerprint density at radius 2 is 1.74 bits per heavy atom. The predicted molar refractivity (Wildman–Crippen MR) is 88.0 cm³/mol. The van der Waals surface area contributed by atoms with Crippen LogP contribution in [-0.2, 0) is 38.2 Å². The Labute approximate surface area is 154 Å². The van der Waals surface area contributed by atoms with Crippen molar-refractivity contribution in [3.63, 3.8) is 0 Å². The molecule has 0 aliphatic heterocycles. The molecular weight excluding hydrogens is 386 g/mol. The molecule has 1 aromatic carbocycles. The van der Waals surface area contributed by atoms with E-state index in [1.807, 2.05) is 0 Å².